The van der Waals surface area contributed by atoms with Crippen LogP contribution in [0, 0.1) is 0 Å². The Labute approximate surface area is 60.0 Å². The van der Waals surface area contributed by atoms with E-state index in [1.807, 2.05) is 0 Å². The number of halogens is 1. The molecule has 0 aromatic carbocycles. The Hall–Kier alpha value is -0.200. The second kappa shape index (κ2) is 3.85. The zero-order valence-electron chi connectivity index (χ0n) is 5.87. The summed E-state index contributed by atoms with van der Waals surface area (Å²) in [6.07, 6.45) is 0. The van der Waals surface area contributed by atoms with Crippen molar-refractivity contribution in [1.82, 2.24) is 5.06 Å². The van der Waals surface area contributed by atoms with Gasteiger partial charge in [-0.1, -0.05) is 17.7 Å². The molecule has 0 aliphatic carbocycles. The minimum absolute atomic E-state index is 0.333. The fourth-order valence-electron chi connectivity index (χ4n) is 0.455. The molecule has 0 atom stereocenters. The Morgan fingerprint density at radius 1 is 1.40 bits per heavy atom. The molecule has 0 saturated heterocycles. The van der Waals surface area contributed by atoms with E-state index in [-0.39, 0.29) is 0 Å². The Bertz CT molecular complexity index is 175. The highest BCUT2D eigenvalue weighted by atomic mass is 32.3. The van der Waals surface area contributed by atoms with Crippen molar-refractivity contribution in [3.05, 3.63) is 0 Å². The zero-order valence-corrected chi connectivity index (χ0v) is 6.69. The minimum atomic E-state index is -4.82. The van der Waals surface area contributed by atoms with Gasteiger partial charge in [-0.3, -0.25) is 0 Å². The molecule has 0 fully saturated rings. The summed E-state index contributed by atoms with van der Waals surface area (Å²) in [6, 6.07) is 0. The third kappa shape index (κ3) is 4.66. The van der Waals surface area contributed by atoms with E-state index in [9.17, 15) is 12.3 Å². The summed E-state index contributed by atoms with van der Waals surface area (Å²) in [7, 11) is -4.82. The molecule has 0 amide bonds. The van der Waals surface area contributed by atoms with Crippen molar-refractivity contribution in [1.29, 1.82) is 0 Å². The van der Waals surface area contributed by atoms with Crippen LogP contribution in [0.25, 0.3) is 0 Å². The summed E-state index contributed by atoms with van der Waals surface area (Å²) in [6.45, 7) is 3.99. The summed E-state index contributed by atoms with van der Waals surface area (Å²) in [5, 5.41) is 0.995. The molecule has 10 heavy (non-hydrogen) atoms. The van der Waals surface area contributed by atoms with Gasteiger partial charge < -0.3 is 0 Å². The van der Waals surface area contributed by atoms with Crippen LogP contribution in [0.3, 0.4) is 0 Å². The number of rotatable bonds is 4. The van der Waals surface area contributed by atoms with Gasteiger partial charge in [-0.2, -0.15) is 17.8 Å². The lowest BCUT2D eigenvalue weighted by Crippen LogP contribution is -2.25. The smallest absolute Gasteiger partial charge is 0.170 e. The molecule has 0 unspecified atom stereocenters. The van der Waals surface area contributed by atoms with Crippen molar-refractivity contribution in [2.75, 3.05) is 13.1 Å². The lowest BCUT2D eigenvalue weighted by Gasteiger charge is -2.12. The molecule has 62 valence electrons. The van der Waals surface area contributed by atoms with E-state index in [1.165, 1.54) is 0 Å². The molecule has 4 nitrogen and oxygen atoms in total. The summed E-state index contributed by atoms with van der Waals surface area (Å²) in [4.78, 5) is 0. The van der Waals surface area contributed by atoms with Crippen LogP contribution in [0.2, 0.25) is 0 Å². The third-order valence-corrected chi connectivity index (χ3v) is 1.29. The zero-order chi connectivity index (χ0) is 8.20. The summed E-state index contributed by atoms with van der Waals surface area (Å²) >= 11 is 0. The number of nitrogens with zero attached hydrogens (tertiary/aromatic N) is 1. The van der Waals surface area contributed by atoms with Crippen LogP contribution >= 0.6 is 0 Å². The van der Waals surface area contributed by atoms with E-state index < -0.39 is 10.5 Å². The van der Waals surface area contributed by atoms with E-state index in [2.05, 4.69) is 4.28 Å². The van der Waals surface area contributed by atoms with Crippen LogP contribution < -0.4 is 0 Å². The molecular formula is C4H10FNO3S. The van der Waals surface area contributed by atoms with Crippen LogP contribution in [0.5, 0.6) is 0 Å². The molecule has 0 spiro atoms. The summed E-state index contributed by atoms with van der Waals surface area (Å²) < 4.78 is 35.3. The normalized spacial score (nSPS) is 12.4. The van der Waals surface area contributed by atoms with Crippen molar-refractivity contribution in [2.45, 2.75) is 13.8 Å². The van der Waals surface area contributed by atoms with Crippen molar-refractivity contribution >= 4 is 10.5 Å². The Morgan fingerprint density at radius 2 is 1.80 bits per heavy atom. The SMILES string of the molecule is CCN(CC)OS(=O)(=O)F. The fourth-order valence-corrected chi connectivity index (χ4v) is 0.918. The van der Waals surface area contributed by atoms with Crippen LogP contribution in [-0.4, -0.2) is 26.6 Å². The third-order valence-electron chi connectivity index (χ3n) is 0.900. The second-order valence-electron chi connectivity index (χ2n) is 1.58. The maximum atomic E-state index is 11.7. The Kier molecular flexibility index (Phi) is 3.77. The standard InChI is InChI=1S/C4H10FNO3S/c1-3-6(4-2)9-10(5,7)8/h3-4H2,1-2H3. The molecule has 0 rings (SSSR count). The van der Waals surface area contributed by atoms with E-state index in [1.54, 1.807) is 13.8 Å². The fraction of sp³-hybridized carbons (Fsp3) is 1.00. The molecule has 6 heteroatoms. The first-order valence-corrected chi connectivity index (χ1v) is 4.19. The van der Waals surface area contributed by atoms with Gasteiger partial charge in [0.2, 0.25) is 0 Å². The largest absolute Gasteiger partial charge is 0.454 e. The van der Waals surface area contributed by atoms with Crippen LogP contribution in [0.15, 0.2) is 0 Å². The summed E-state index contributed by atoms with van der Waals surface area (Å²) in [5.41, 5.74) is 0. The monoisotopic (exact) mass is 171 g/mol. The molecule has 0 aliphatic heterocycles. The molecule has 0 N–H and O–H groups in total. The highest BCUT2D eigenvalue weighted by Crippen LogP contribution is 1.98. The van der Waals surface area contributed by atoms with Gasteiger partial charge in [-0.25, -0.2) is 0 Å². The lowest BCUT2D eigenvalue weighted by molar-refractivity contribution is -0.0472. The first kappa shape index (κ1) is 9.80. The van der Waals surface area contributed by atoms with E-state index >= 15 is 0 Å². The van der Waals surface area contributed by atoms with Crippen molar-refractivity contribution in [2.24, 2.45) is 0 Å². The van der Waals surface area contributed by atoms with Gasteiger partial charge >= 0.3 is 10.5 Å². The van der Waals surface area contributed by atoms with Crippen LogP contribution in [-0.2, 0) is 14.8 Å². The summed E-state index contributed by atoms with van der Waals surface area (Å²) in [5.74, 6) is 0. The average molecular weight is 171 g/mol. The average Bonchev–Trinajstić information content (AvgIpc) is 1.81. The highest BCUT2D eigenvalue weighted by molar-refractivity contribution is 7.81. The van der Waals surface area contributed by atoms with Crippen LogP contribution in [0.4, 0.5) is 3.89 Å². The molecule has 0 aliphatic rings. The molecule has 0 aromatic rings. The first-order valence-electron chi connectivity index (χ1n) is 2.88. The van der Waals surface area contributed by atoms with Gasteiger partial charge in [0, 0.05) is 13.1 Å². The maximum Gasteiger partial charge on any atom is 0.454 e. The van der Waals surface area contributed by atoms with E-state index in [0.29, 0.717) is 13.1 Å². The first-order chi connectivity index (χ1) is 4.49. The van der Waals surface area contributed by atoms with Gasteiger partial charge in [-0.15, -0.1) is 0 Å². The van der Waals surface area contributed by atoms with Gasteiger partial charge in [0.15, 0.2) is 0 Å². The number of hydroxylamine groups is 2. The van der Waals surface area contributed by atoms with Crippen LogP contribution in [0.1, 0.15) is 13.8 Å². The minimum Gasteiger partial charge on any atom is -0.170 e. The highest BCUT2D eigenvalue weighted by Gasteiger charge is 2.12. The molecule has 0 bridgehead atoms. The molecule has 0 aromatic heterocycles. The van der Waals surface area contributed by atoms with Gasteiger partial charge in [-0.05, 0) is 0 Å². The quantitative estimate of drug-likeness (QED) is 0.456. The predicted molar refractivity (Wildman–Crippen MR) is 34.0 cm³/mol. The van der Waals surface area contributed by atoms with Gasteiger partial charge in [0.05, 0.1) is 0 Å². The number of hydrogen-bond donors (Lipinski definition) is 0. The van der Waals surface area contributed by atoms with Crippen molar-refractivity contribution in [3.8, 4) is 0 Å². The maximum absolute atomic E-state index is 11.7. The van der Waals surface area contributed by atoms with Crippen molar-refractivity contribution in [3.63, 3.8) is 0 Å². The van der Waals surface area contributed by atoms with E-state index in [4.69, 9.17) is 0 Å². The molecule has 0 saturated carbocycles. The number of hydrogen-bond acceptors (Lipinski definition) is 4. The van der Waals surface area contributed by atoms with Gasteiger partial charge in [0.25, 0.3) is 0 Å². The second-order valence-corrected chi connectivity index (χ2v) is 2.52. The molecule has 0 heterocycles. The van der Waals surface area contributed by atoms with Crippen molar-refractivity contribution < 1.29 is 16.6 Å². The van der Waals surface area contributed by atoms with Gasteiger partial charge in [0.1, 0.15) is 0 Å². The van der Waals surface area contributed by atoms with E-state index in [0.717, 1.165) is 5.06 Å². The molecule has 0 radical (unpaired) electrons. The predicted octanol–water partition coefficient (Wildman–Crippen LogP) is 0.474. The lowest BCUT2D eigenvalue weighted by atomic mass is 10.6. The topological polar surface area (TPSA) is 46.6 Å². The Morgan fingerprint density at radius 3 is 1.90 bits per heavy atom. The Balaban J connectivity index is 3.87. The molecular weight excluding hydrogens is 161 g/mol.